The van der Waals surface area contributed by atoms with Gasteiger partial charge in [-0.1, -0.05) is 60.7 Å². The summed E-state index contributed by atoms with van der Waals surface area (Å²) < 4.78 is 48.0. The summed E-state index contributed by atoms with van der Waals surface area (Å²) in [6.45, 7) is 0. The third-order valence-corrected chi connectivity index (χ3v) is 5.63. The van der Waals surface area contributed by atoms with E-state index in [1.807, 2.05) is 30.3 Å². The minimum absolute atomic E-state index is 0.0699. The van der Waals surface area contributed by atoms with Crippen LogP contribution in [0.5, 0.6) is 0 Å². The third-order valence-electron chi connectivity index (χ3n) is 4.28. The van der Waals surface area contributed by atoms with Gasteiger partial charge < -0.3 is 4.42 Å². The Morgan fingerprint density at radius 1 is 0.862 bits per heavy atom. The lowest BCUT2D eigenvalue weighted by atomic mass is 10.1. The second kappa shape index (κ2) is 7.89. The van der Waals surface area contributed by atoms with Crippen LogP contribution in [0.2, 0.25) is 0 Å². The molecule has 4 rings (SSSR count). The van der Waals surface area contributed by atoms with Crippen molar-refractivity contribution in [3.05, 3.63) is 102 Å². The number of sulfonamides is 1. The van der Waals surface area contributed by atoms with Crippen molar-refractivity contribution in [2.75, 3.05) is 4.72 Å². The maximum absolute atomic E-state index is 14.4. The van der Waals surface area contributed by atoms with Crippen LogP contribution in [0, 0.1) is 5.82 Å². The molecule has 0 aliphatic carbocycles. The lowest BCUT2D eigenvalue weighted by Crippen LogP contribution is -2.13. The maximum Gasteiger partial charge on any atom is 0.264 e. The first-order valence-electron chi connectivity index (χ1n) is 8.89. The highest BCUT2D eigenvalue weighted by Crippen LogP contribution is 2.32. The van der Waals surface area contributed by atoms with Crippen molar-refractivity contribution >= 4 is 15.9 Å². The number of aromatic nitrogens is 1. The summed E-state index contributed by atoms with van der Waals surface area (Å²) in [5, 5.41) is 0. The lowest BCUT2D eigenvalue weighted by molar-refractivity contribution is 0.521. The zero-order valence-electron chi connectivity index (χ0n) is 15.2. The molecule has 0 saturated heterocycles. The summed E-state index contributed by atoms with van der Waals surface area (Å²) in [7, 11) is -3.92. The summed E-state index contributed by atoms with van der Waals surface area (Å²) in [5.41, 5.74) is 1.20. The number of nitrogens with zero attached hydrogens (tertiary/aromatic N) is 1. The molecule has 7 heteroatoms. The van der Waals surface area contributed by atoms with Crippen LogP contribution in [0.25, 0.3) is 11.3 Å². The molecule has 29 heavy (non-hydrogen) atoms. The van der Waals surface area contributed by atoms with E-state index in [1.54, 1.807) is 30.3 Å². The summed E-state index contributed by atoms with van der Waals surface area (Å²) >= 11 is 0. The molecule has 0 spiro atoms. The summed E-state index contributed by atoms with van der Waals surface area (Å²) in [6, 6.07) is 23.4. The topological polar surface area (TPSA) is 72.2 Å². The fraction of sp³-hybridized carbons (Fsp3) is 0.0455. The van der Waals surface area contributed by atoms with Crippen molar-refractivity contribution < 1.29 is 17.2 Å². The summed E-state index contributed by atoms with van der Waals surface area (Å²) in [4.78, 5) is 4.45. The smallest absolute Gasteiger partial charge is 0.264 e. The van der Waals surface area contributed by atoms with Gasteiger partial charge in [-0.25, -0.2) is 22.5 Å². The monoisotopic (exact) mass is 408 g/mol. The van der Waals surface area contributed by atoms with Crippen LogP contribution in [0.3, 0.4) is 0 Å². The number of hydrogen-bond donors (Lipinski definition) is 1. The predicted molar refractivity (Wildman–Crippen MR) is 108 cm³/mol. The zero-order valence-corrected chi connectivity index (χ0v) is 16.1. The molecule has 0 atom stereocenters. The maximum atomic E-state index is 14.4. The first kappa shape index (κ1) is 18.9. The number of halogens is 1. The molecular weight excluding hydrogens is 391 g/mol. The first-order chi connectivity index (χ1) is 14.0. The average Bonchev–Trinajstić information content (AvgIpc) is 3.11. The largest absolute Gasteiger partial charge is 0.423 e. The number of anilines is 1. The van der Waals surface area contributed by atoms with E-state index < -0.39 is 15.8 Å². The highest BCUT2D eigenvalue weighted by molar-refractivity contribution is 7.92. The van der Waals surface area contributed by atoms with E-state index >= 15 is 0 Å². The lowest BCUT2D eigenvalue weighted by Gasteiger charge is -2.07. The Labute approximate surface area is 167 Å². The van der Waals surface area contributed by atoms with Crippen LogP contribution in [0.4, 0.5) is 10.3 Å². The molecule has 0 aliphatic rings. The van der Waals surface area contributed by atoms with E-state index in [2.05, 4.69) is 9.71 Å². The number of benzene rings is 3. The van der Waals surface area contributed by atoms with Gasteiger partial charge in [0.2, 0.25) is 11.8 Å². The highest BCUT2D eigenvalue weighted by Gasteiger charge is 2.23. The minimum atomic E-state index is -3.92. The van der Waals surface area contributed by atoms with E-state index in [9.17, 15) is 12.8 Å². The molecule has 0 unspecified atom stereocenters. The van der Waals surface area contributed by atoms with E-state index in [0.717, 1.165) is 5.56 Å². The van der Waals surface area contributed by atoms with Crippen LogP contribution in [-0.4, -0.2) is 13.4 Å². The Bertz CT molecular complexity index is 1220. The molecule has 3 aromatic carbocycles. The predicted octanol–water partition coefficient (Wildman–Crippen LogP) is 4.87. The molecular formula is C22H17FN2O3S. The number of oxazole rings is 1. The molecule has 0 amide bonds. The Hall–Kier alpha value is -3.45. The van der Waals surface area contributed by atoms with Crippen molar-refractivity contribution in [2.45, 2.75) is 11.3 Å². The minimum Gasteiger partial charge on any atom is -0.423 e. The van der Waals surface area contributed by atoms with Crippen LogP contribution in [0.1, 0.15) is 11.5 Å². The van der Waals surface area contributed by atoms with Crippen LogP contribution >= 0.6 is 0 Å². The van der Waals surface area contributed by atoms with Crippen LogP contribution in [-0.2, 0) is 16.4 Å². The zero-order chi connectivity index (χ0) is 20.3. The molecule has 1 N–H and O–H groups in total. The van der Waals surface area contributed by atoms with Gasteiger partial charge in [-0.15, -0.1) is 0 Å². The number of rotatable bonds is 6. The van der Waals surface area contributed by atoms with Gasteiger partial charge in [-0.3, -0.25) is 0 Å². The highest BCUT2D eigenvalue weighted by atomic mass is 32.2. The van der Waals surface area contributed by atoms with Crippen molar-refractivity contribution in [1.29, 1.82) is 0 Å². The van der Waals surface area contributed by atoms with E-state index in [1.165, 1.54) is 24.3 Å². The molecule has 0 bridgehead atoms. The molecule has 0 radical (unpaired) electrons. The van der Waals surface area contributed by atoms with Crippen molar-refractivity contribution in [3.63, 3.8) is 0 Å². The molecule has 5 nitrogen and oxygen atoms in total. The molecule has 4 aromatic rings. The van der Waals surface area contributed by atoms with Gasteiger partial charge in [-0.2, -0.15) is 0 Å². The van der Waals surface area contributed by atoms with E-state index in [-0.39, 0.29) is 27.9 Å². The molecule has 0 fully saturated rings. The van der Waals surface area contributed by atoms with Gasteiger partial charge in [0.05, 0.1) is 4.90 Å². The third kappa shape index (κ3) is 4.20. The number of hydrogen-bond acceptors (Lipinski definition) is 4. The molecule has 146 valence electrons. The Morgan fingerprint density at radius 2 is 1.48 bits per heavy atom. The van der Waals surface area contributed by atoms with Gasteiger partial charge in [0, 0.05) is 12.0 Å². The van der Waals surface area contributed by atoms with E-state index in [0.29, 0.717) is 6.42 Å². The number of nitrogens with one attached hydrogen (secondary N) is 1. The summed E-state index contributed by atoms with van der Waals surface area (Å²) in [5.74, 6) is -0.364. The quantitative estimate of drug-likeness (QED) is 0.494. The van der Waals surface area contributed by atoms with Gasteiger partial charge in [0.15, 0.2) is 0 Å². The second-order valence-corrected chi connectivity index (χ2v) is 8.03. The van der Waals surface area contributed by atoms with Crippen molar-refractivity contribution in [1.82, 2.24) is 4.98 Å². The second-order valence-electron chi connectivity index (χ2n) is 6.35. The Morgan fingerprint density at radius 3 is 2.17 bits per heavy atom. The van der Waals surface area contributed by atoms with Crippen molar-refractivity contribution in [2.24, 2.45) is 0 Å². The molecule has 0 aliphatic heterocycles. The van der Waals surface area contributed by atoms with Crippen LogP contribution < -0.4 is 4.72 Å². The average molecular weight is 408 g/mol. The van der Waals surface area contributed by atoms with Gasteiger partial charge in [-0.05, 0) is 29.8 Å². The Kier molecular flexibility index (Phi) is 5.14. The van der Waals surface area contributed by atoms with Gasteiger partial charge >= 0.3 is 0 Å². The van der Waals surface area contributed by atoms with Gasteiger partial charge in [0.1, 0.15) is 11.5 Å². The van der Waals surface area contributed by atoms with Crippen LogP contribution in [0.15, 0.2) is 94.2 Å². The SMILES string of the molecule is O=S(=O)(Nc1oc(Cc2ccccc2)nc1-c1ccccc1F)c1ccccc1. The molecule has 0 saturated carbocycles. The standard InChI is InChI=1S/C22H17FN2O3S/c23-19-14-8-7-13-18(19)21-22(25-29(26,27)17-11-5-2-6-12-17)28-20(24-21)15-16-9-3-1-4-10-16/h1-14,25H,15H2. The first-order valence-corrected chi connectivity index (χ1v) is 10.4. The molecule has 1 aromatic heterocycles. The van der Waals surface area contributed by atoms with Crippen molar-refractivity contribution in [3.8, 4) is 11.3 Å². The summed E-state index contributed by atoms with van der Waals surface area (Å²) in [6.07, 6.45) is 0.343. The molecule has 1 heterocycles. The fourth-order valence-corrected chi connectivity index (χ4v) is 3.91. The van der Waals surface area contributed by atoms with E-state index in [4.69, 9.17) is 4.42 Å². The normalized spacial score (nSPS) is 11.3. The van der Waals surface area contributed by atoms with Gasteiger partial charge in [0.25, 0.3) is 10.0 Å². The fourth-order valence-electron chi connectivity index (χ4n) is 2.90. The Balaban J connectivity index is 1.76.